The molecule has 108 valence electrons. The van der Waals surface area contributed by atoms with Crippen molar-refractivity contribution in [2.75, 3.05) is 0 Å². The van der Waals surface area contributed by atoms with Crippen molar-refractivity contribution in [3.63, 3.8) is 0 Å². The molecule has 21 heavy (non-hydrogen) atoms. The zero-order valence-electron chi connectivity index (χ0n) is 12.6. The highest BCUT2D eigenvalue weighted by Crippen LogP contribution is 2.38. The van der Waals surface area contributed by atoms with Crippen molar-refractivity contribution in [1.82, 2.24) is 19.6 Å². The second kappa shape index (κ2) is 4.63. The molecule has 1 aliphatic carbocycles. The minimum Gasteiger partial charge on any atom is -0.265 e. The van der Waals surface area contributed by atoms with Gasteiger partial charge in [-0.2, -0.15) is 0 Å². The average molecular weight is 298 g/mol. The van der Waals surface area contributed by atoms with E-state index in [0.29, 0.717) is 0 Å². The van der Waals surface area contributed by atoms with Crippen molar-refractivity contribution in [3.8, 4) is 0 Å². The number of allylic oxidation sites excluding steroid dienone is 1. The summed E-state index contributed by atoms with van der Waals surface area (Å²) in [6.07, 6.45) is 7.49. The molecule has 1 aliphatic rings. The van der Waals surface area contributed by atoms with Gasteiger partial charge in [-0.05, 0) is 50.7 Å². The van der Waals surface area contributed by atoms with Gasteiger partial charge in [0, 0.05) is 4.88 Å². The van der Waals surface area contributed by atoms with E-state index in [-0.39, 0.29) is 0 Å². The van der Waals surface area contributed by atoms with Crippen LogP contribution in [0.5, 0.6) is 0 Å². The summed E-state index contributed by atoms with van der Waals surface area (Å²) in [7, 11) is 0. The normalized spacial score (nSPS) is 18.1. The van der Waals surface area contributed by atoms with E-state index in [1.165, 1.54) is 34.2 Å². The van der Waals surface area contributed by atoms with Crippen molar-refractivity contribution in [2.24, 2.45) is 5.92 Å². The van der Waals surface area contributed by atoms with Crippen LogP contribution in [0.15, 0.2) is 11.9 Å². The summed E-state index contributed by atoms with van der Waals surface area (Å²) in [5.74, 6) is 1.64. The van der Waals surface area contributed by atoms with Crippen LogP contribution in [0.1, 0.15) is 43.5 Å². The minimum atomic E-state index is 0.778. The van der Waals surface area contributed by atoms with Crippen LogP contribution < -0.4 is 0 Å². The molecule has 1 atom stereocenters. The smallest absolute Gasteiger partial charge is 0.172 e. The molecule has 0 unspecified atom stereocenters. The van der Waals surface area contributed by atoms with Crippen LogP contribution in [0.4, 0.5) is 0 Å². The Hall–Kier alpha value is -1.75. The van der Waals surface area contributed by atoms with Crippen molar-refractivity contribution in [1.29, 1.82) is 0 Å². The molecular formula is C16H18N4S. The lowest BCUT2D eigenvalue weighted by Gasteiger charge is -2.17. The second-order valence-corrected chi connectivity index (χ2v) is 7.33. The molecule has 0 spiro atoms. The summed E-state index contributed by atoms with van der Waals surface area (Å²) in [6, 6.07) is 0. The van der Waals surface area contributed by atoms with Crippen LogP contribution in [-0.4, -0.2) is 19.6 Å². The van der Waals surface area contributed by atoms with Crippen LogP contribution in [-0.2, 0) is 12.8 Å². The van der Waals surface area contributed by atoms with E-state index < -0.39 is 0 Å². The van der Waals surface area contributed by atoms with Gasteiger partial charge in [0.25, 0.3) is 0 Å². The second-order valence-electron chi connectivity index (χ2n) is 6.25. The fraction of sp³-hybridized carbons (Fsp3) is 0.438. The summed E-state index contributed by atoms with van der Waals surface area (Å²) in [5, 5.41) is 9.99. The van der Waals surface area contributed by atoms with E-state index in [1.54, 1.807) is 0 Å². The van der Waals surface area contributed by atoms with Crippen LogP contribution in [0.2, 0.25) is 0 Å². The zero-order chi connectivity index (χ0) is 14.6. The third kappa shape index (κ3) is 1.99. The molecule has 0 saturated carbocycles. The molecule has 0 fully saturated rings. The molecule has 0 amide bonds. The van der Waals surface area contributed by atoms with Crippen LogP contribution >= 0.6 is 11.3 Å². The van der Waals surface area contributed by atoms with Crippen LogP contribution in [0.3, 0.4) is 0 Å². The van der Waals surface area contributed by atoms with Crippen LogP contribution in [0.25, 0.3) is 21.9 Å². The van der Waals surface area contributed by atoms with E-state index >= 15 is 0 Å². The zero-order valence-corrected chi connectivity index (χ0v) is 13.4. The first-order valence-electron chi connectivity index (χ1n) is 7.42. The summed E-state index contributed by atoms with van der Waals surface area (Å²) in [5.41, 5.74) is 3.63. The van der Waals surface area contributed by atoms with Crippen LogP contribution in [0, 0.1) is 5.92 Å². The maximum Gasteiger partial charge on any atom is 0.172 e. The predicted molar refractivity (Wildman–Crippen MR) is 86.7 cm³/mol. The molecule has 0 saturated heterocycles. The van der Waals surface area contributed by atoms with Gasteiger partial charge in [0.15, 0.2) is 11.5 Å². The lowest BCUT2D eigenvalue weighted by atomic mass is 9.89. The highest BCUT2D eigenvalue weighted by molar-refractivity contribution is 7.19. The molecule has 3 aromatic heterocycles. The van der Waals surface area contributed by atoms with Gasteiger partial charge in [-0.1, -0.05) is 12.5 Å². The Labute approximate surface area is 127 Å². The Morgan fingerprint density at radius 1 is 1.38 bits per heavy atom. The Balaban J connectivity index is 2.01. The average Bonchev–Trinajstić information content (AvgIpc) is 2.98. The van der Waals surface area contributed by atoms with E-state index in [0.717, 1.165) is 28.6 Å². The topological polar surface area (TPSA) is 43.1 Å². The number of rotatable bonds is 1. The number of fused-ring (bicyclic) bond motifs is 5. The molecule has 0 N–H and O–H groups in total. The number of hydrogen-bond acceptors (Lipinski definition) is 4. The monoisotopic (exact) mass is 298 g/mol. The maximum atomic E-state index is 4.65. The SMILES string of the molecule is CC(C)=Cc1nnc2c3c4c(sc3ncn12)C[C@@H](C)CC4. The molecular weight excluding hydrogens is 280 g/mol. The highest BCUT2D eigenvalue weighted by atomic mass is 32.1. The van der Waals surface area contributed by atoms with Gasteiger partial charge < -0.3 is 0 Å². The number of hydrogen-bond donors (Lipinski definition) is 0. The Bertz CT molecular complexity index is 867. The standard InChI is InChI=1S/C16H18N4S/c1-9(2)6-13-18-19-15-14-11-5-4-10(3)7-12(11)21-16(14)17-8-20(13)15/h6,8,10H,4-5,7H2,1-3H3/t10-/m0/s1. The van der Waals surface area contributed by atoms with Gasteiger partial charge in [-0.25, -0.2) is 4.98 Å². The van der Waals surface area contributed by atoms with Gasteiger partial charge in [0.2, 0.25) is 0 Å². The lowest BCUT2D eigenvalue weighted by Crippen LogP contribution is -2.08. The molecule has 0 bridgehead atoms. The minimum absolute atomic E-state index is 0.778. The summed E-state index contributed by atoms with van der Waals surface area (Å²) >= 11 is 1.83. The number of aromatic nitrogens is 4. The molecule has 4 nitrogen and oxygen atoms in total. The van der Waals surface area contributed by atoms with E-state index in [9.17, 15) is 0 Å². The lowest BCUT2D eigenvalue weighted by molar-refractivity contribution is 0.509. The first-order valence-corrected chi connectivity index (χ1v) is 8.24. The molecule has 0 aliphatic heterocycles. The van der Waals surface area contributed by atoms with Gasteiger partial charge in [-0.3, -0.25) is 4.40 Å². The van der Waals surface area contributed by atoms with Crippen molar-refractivity contribution in [2.45, 2.75) is 40.0 Å². The summed E-state index contributed by atoms with van der Waals surface area (Å²) in [6.45, 7) is 6.47. The first kappa shape index (κ1) is 13.0. The number of nitrogens with zero attached hydrogens (tertiary/aromatic N) is 4. The fourth-order valence-corrected chi connectivity index (χ4v) is 4.46. The molecule has 3 heterocycles. The Morgan fingerprint density at radius 3 is 3.05 bits per heavy atom. The molecule has 3 aromatic rings. The Morgan fingerprint density at radius 2 is 2.24 bits per heavy atom. The fourth-order valence-electron chi connectivity index (χ4n) is 3.11. The maximum absolute atomic E-state index is 4.65. The van der Waals surface area contributed by atoms with Crippen molar-refractivity contribution < 1.29 is 0 Å². The van der Waals surface area contributed by atoms with Gasteiger partial charge in [0.05, 0.1) is 5.39 Å². The number of aryl methyl sites for hydroxylation is 1. The Kier molecular flexibility index (Phi) is 2.85. The van der Waals surface area contributed by atoms with Gasteiger partial charge >= 0.3 is 0 Å². The highest BCUT2D eigenvalue weighted by Gasteiger charge is 2.23. The van der Waals surface area contributed by atoms with E-state index in [4.69, 9.17) is 0 Å². The van der Waals surface area contributed by atoms with E-state index in [2.05, 4.69) is 42.0 Å². The number of thiophene rings is 1. The van der Waals surface area contributed by atoms with Gasteiger partial charge in [0.1, 0.15) is 11.2 Å². The van der Waals surface area contributed by atoms with E-state index in [1.807, 2.05) is 22.1 Å². The van der Waals surface area contributed by atoms with Gasteiger partial charge in [-0.15, -0.1) is 21.5 Å². The molecule has 0 aromatic carbocycles. The first-order chi connectivity index (χ1) is 10.1. The quantitative estimate of drug-likeness (QED) is 0.684. The summed E-state index contributed by atoms with van der Waals surface area (Å²) in [4.78, 5) is 7.26. The molecule has 5 heteroatoms. The third-order valence-corrected chi connectivity index (χ3v) is 5.31. The molecule has 4 rings (SSSR count). The predicted octanol–water partition coefficient (Wildman–Crippen LogP) is 3.89. The summed E-state index contributed by atoms with van der Waals surface area (Å²) < 4.78 is 2.01. The largest absolute Gasteiger partial charge is 0.265 e. The van der Waals surface area contributed by atoms with Crippen molar-refractivity contribution in [3.05, 3.63) is 28.2 Å². The third-order valence-electron chi connectivity index (χ3n) is 4.15. The molecule has 0 radical (unpaired) electrons. The van der Waals surface area contributed by atoms with Crippen molar-refractivity contribution >= 4 is 33.3 Å².